The van der Waals surface area contributed by atoms with Crippen molar-refractivity contribution < 1.29 is 18.8 Å². The van der Waals surface area contributed by atoms with Crippen LogP contribution in [0.4, 0.5) is 5.82 Å². The van der Waals surface area contributed by atoms with Gasteiger partial charge in [0.2, 0.25) is 5.91 Å². The highest BCUT2D eigenvalue weighted by molar-refractivity contribution is 6.08. The number of ether oxygens (including phenoxy) is 1. The zero-order valence-corrected chi connectivity index (χ0v) is 16.6. The molecule has 1 aromatic heterocycles. The van der Waals surface area contributed by atoms with Crippen LogP contribution >= 0.6 is 0 Å². The van der Waals surface area contributed by atoms with Gasteiger partial charge >= 0.3 is 0 Å². The van der Waals surface area contributed by atoms with Crippen molar-refractivity contribution in [1.82, 2.24) is 15.0 Å². The minimum atomic E-state index is -0.320. The first kappa shape index (κ1) is 20.1. The molecule has 2 aromatic carbocycles. The molecule has 1 fully saturated rings. The third kappa shape index (κ3) is 4.84. The Morgan fingerprint density at radius 1 is 1.07 bits per heavy atom. The van der Waals surface area contributed by atoms with Gasteiger partial charge in [-0.3, -0.25) is 14.5 Å². The summed E-state index contributed by atoms with van der Waals surface area (Å²) in [5.41, 5.74) is 0.587. The lowest BCUT2D eigenvalue weighted by Crippen LogP contribution is -2.45. The van der Waals surface area contributed by atoms with Gasteiger partial charge in [-0.05, 0) is 16.8 Å². The second kappa shape index (κ2) is 9.51. The number of nitrogens with one attached hydrogen (secondary N) is 1. The Morgan fingerprint density at radius 2 is 1.87 bits per heavy atom. The molecule has 0 bridgehead atoms. The van der Waals surface area contributed by atoms with Crippen LogP contribution in [0.3, 0.4) is 0 Å². The lowest BCUT2D eigenvalue weighted by molar-refractivity contribution is -0.117. The maximum Gasteiger partial charge on any atom is 0.254 e. The van der Waals surface area contributed by atoms with Crippen molar-refractivity contribution in [3.63, 3.8) is 0 Å². The van der Waals surface area contributed by atoms with Crippen LogP contribution in [-0.2, 0) is 9.53 Å². The summed E-state index contributed by atoms with van der Waals surface area (Å²) in [5.74, 6) is -0.166. The second-order valence-electron chi connectivity index (χ2n) is 7.14. The van der Waals surface area contributed by atoms with E-state index in [0.717, 1.165) is 23.9 Å². The predicted octanol–water partition coefficient (Wildman–Crippen LogP) is 2.24. The van der Waals surface area contributed by atoms with Crippen LogP contribution < -0.4 is 5.32 Å². The van der Waals surface area contributed by atoms with Crippen molar-refractivity contribution in [3.05, 3.63) is 60.4 Å². The maximum atomic E-state index is 13.4. The number of anilines is 1. The molecule has 0 saturated carbocycles. The number of carbonyl (C=O) groups is 2. The highest BCUT2D eigenvalue weighted by Crippen LogP contribution is 2.20. The first-order chi connectivity index (χ1) is 14.7. The average Bonchev–Trinajstić information content (AvgIpc) is 3.29. The molecule has 2 heterocycles. The molecule has 0 unspecified atom stereocenters. The Bertz CT molecular complexity index is 994. The van der Waals surface area contributed by atoms with E-state index >= 15 is 0 Å². The van der Waals surface area contributed by atoms with E-state index in [9.17, 15) is 9.59 Å². The molecule has 0 radical (unpaired) electrons. The van der Waals surface area contributed by atoms with Crippen molar-refractivity contribution in [2.45, 2.75) is 0 Å². The van der Waals surface area contributed by atoms with Crippen LogP contribution in [0.5, 0.6) is 0 Å². The van der Waals surface area contributed by atoms with Gasteiger partial charge in [-0.2, -0.15) is 0 Å². The highest BCUT2D eigenvalue weighted by atomic mass is 16.5. The van der Waals surface area contributed by atoms with Crippen LogP contribution in [0.2, 0.25) is 0 Å². The van der Waals surface area contributed by atoms with Gasteiger partial charge in [0.15, 0.2) is 5.82 Å². The van der Waals surface area contributed by atoms with Gasteiger partial charge in [0.05, 0.1) is 13.2 Å². The summed E-state index contributed by atoms with van der Waals surface area (Å²) >= 11 is 0. The van der Waals surface area contributed by atoms with Gasteiger partial charge < -0.3 is 19.5 Å². The number of aromatic nitrogens is 1. The van der Waals surface area contributed by atoms with Gasteiger partial charge in [-0.25, -0.2) is 0 Å². The fourth-order valence-corrected chi connectivity index (χ4v) is 3.55. The maximum absolute atomic E-state index is 13.4. The lowest BCUT2D eigenvalue weighted by Gasteiger charge is -2.30. The van der Waals surface area contributed by atoms with Gasteiger partial charge in [0.25, 0.3) is 5.91 Å². The standard InChI is InChI=1S/C22H24N4O4/c27-21(23-20-8-13-30-24-20)16-26(10-9-25-11-14-29-15-12-25)22(28)19-7-3-5-17-4-1-2-6-18(17)19/h1-8,13H,9-12,14-16H2,(H,23,24,27). The molecule has 8 heteroatoms. The Balaban J connectivity index is 1.53. The summed E-state index contributed by atoms with van der Waals surface area (Å²) in [6.07, 6.45) is 1.38. The fraction of sp³-hybridized carbons (Fsp3) is 0.318. The Morgan fingerprint density at radius 3 is 2.67 bits per heavy atom. The molecule has 0 spiro atoms. The predicted molar refractivity (Wildman–Crippen MR) is 112 cm³/mol. The van der Waals surface area contributed by atoms with E-state index < -0.39 is 0 Å². The molecule has 0 aliphatic carbocycles. The molecule has 3 aromatic rings. The Hall–Kier alpha value is -3.23. The number of hydrogen-bond donors (Lipinski definition) is 1. The quantitative estimate of drug-likeness (QED) is 0.645. The van der Waals surface area contributed by atoms with Gasteiger partial charge in [0, 0.05) is 37.8 Å². The lowest BCUT2D eigenvalue weighted by atomic mass is 10.0. The topological polar surface area (TPSA) is 87.9 Å². The zero-order valence-electron chi connectivity index (χ0n) is 16.6. The molecule has 4 rings (SSSR count). The summed E-state index contributed by atoms with van der Waals surface area (Å²) in [6, 6.07) is 15.0. The summed E-state index contributed by atoms with van der Waals surface area (Å²) in [5, 5.41) is 8.22. The first-order valence-corrected chi connectivity index (χ1v) is 9.98. The highest BCUT2D eigenvalue weighted by Gasteiger charge is 2.22. The first-order valence-electron chi connectivity index (χ1n) is 9.98. The number of benzene rings is 2. The van der Waals surface area contributed by atoms with Gasteiger partial charge in [-0.1, -0.05) is 41.6 Å². The molecular weight excluding hydrogens is 384 g/mol. The SMILES string of the molecule is O=C(CN(CCN1CCOCC1)C(=O)c1cccc2ccccc12)Nc1ccon1. The number of carbonyl (C=O) groups excluding carboxylic acids is 2. The van der Waals surface area contributed by atoms with Gasteiger partial charge in [-0.15, -0.1) is 0 Å². The van der Waals surface area contributed by atoms with E-state index in [1.165, 1.54) is 6.26 Å². The van der Waals surface area contributed by atoms with Crippen molar-refractivity contribution in [3.8, 4) is 0 Å². The number of hydrogen-bond acceptors (Lipinski definition) is 6. The molecule has 1 N–H and O–H groups in total. The van der Waals surface area contributed by atoms with E-state index in [1.54, 1.807) is 11.0 Å². The number of nitrogens with zero attached hydrogens (tertiary/aromatic N) is 3. The van der Waals surface area contributed by atoms with E-state index in [-0.39, 0.29) is 18.4 Å². The third-order valence-electron chi connectivity index (χ3n) is 5.14. The number of rotatable bonds is 7. The second-order valence-corrected chi connectivity index (χ2v) is 7.14. The summed E-state index contributed by atoms with van der Waals surface area (Å²) < 4.78 is 10.1. The molecule has 1 aliphatic rings. The Labute approximate surface area is 174 Å². The molecule has 2 amide bonds. The molecule has 1 aliphatic heterocycles. The number of fused-ring (bicyclic) bond motifs is 1. The van der Waals surface area contributed by atoms with Crippen molar-refractivity contribution in [2.24, 2.45) is 0 Å². The minimum absolute atomic E-state index is 0.0702. The molecule has 156 valence electrons. The monoisotopic (exact) mass is 408 g/mol. The van der Waals surface area contributed by atoms with Crippen LogP contribution in [0.1, 0.15) is 10.4 Å². The van der Waals surface area contributed by atoms with Crippen molar-refractivity contribution in [1.29, 1.82) is 0 Å². The fourth-order valence-electron chi connectivity index (χ4n) is 3.55. The summed E-state index contributed by atoms with van der Waals surface area (Å²) in [7, 11) is 0. The van der Waals surface area contributed by atoms with Crippen LogP contribution in [0, 0.1) is 0 Å². The minimum Gasteiger partial charge on any atom is -0.379 e. The number of amides is 2. The van der Waals surface area contributed by atoms with Crippen LogP contribution in [0.25, 0.3) is 10.8 Å². The molecule has 1 saturated heterocycles. The van der Waals surface area contributed by atoms with Crippen LogP contribution in [-0.4, -0.2) is 72.7 Å². The largest absolute Gasteiger partial charge is 0.379 e. The Kier molecular flexibility index (Phi) is 6.36. The molecular formula is C22H24N4O4. The van der Waals surface area contributed by atoms with E-state index in [0.29, 0.717) is 37.7 Å². The zero-order chi connectivity index (χ0) is 20.8. The molecule has 0 atom stereocenters. The summed E-state index contributed by atoms with van der Waals surface area (Å²) in [4.78, 5) is 29.8. The normalized spacial score (nSPS) is 14.5. The van der Waals surface area contributed by atoms with E-state index in [1.807, 2.05) is 42.5 Å². The van der Waals surface area contributed by atoms with Gasteiger partial charge in [0.1, 0.15) is 12.8 Å². The smallest absolute Gasteiger partial charge is 0.254 e. The van der Waals surface area contributed by atoms with E-state index in [4.69, 9.17) is 9.26 Å². The molecule has 8 nitrogen and oxygen atoms in total. The van der Waals surface area contributed by atoms with Crippen LogP contribution in [0.15, 0.2) is 59.3 Å². The van der Waals surface area contributed by atoms with E-state index in [2.05, 4.69) is 15.4 Å². The van der Waals surface area contributed by atoms with Crippen molar-refractivity contribution >= 4 is 28.4 Å². The van der Waals surface area contributed by atoms with Crippen molar-refractivity contribution in [2.75, 3.05) is 51.3 Å². The molecule has 30 heavy (non-hydrogen) atoms. The third-order valence-corrected chi connectivity index (χ3v) is 5.14. The average molecular weight is 408 g/mol. The summed E-state index contributed by atoms with van der Waals surface area (Å²) in [6.45, 7) is 4.06. The number of morpholine rings is 1.